The molecule has 5 heteroatoms. The van der Waals surface area contributed by atoms with Crippen LogP contribution in [-0.2, 0) is 35.5 Å². The van der Waals surface area contributed by atoms with Crippen molar-refractivity contribution < 1.29 is 18.3 Å². The number of rotatable bonds is 7. The van der Waals surface area contributed by atoms with E-state index >= 15 is 0 Å². The van der Waals surface area contributed by atoms with E-state index in [4.69, 9.17) is 27.4 Å². The molecule has 0 saturated carbocycles. The predicted octanol–water partition coefficient (Wildman–Crippen LogP) is 17.5. The van der Waals surface area contributed by atoms with Crippen molar-refractivity contribution in [1.29, 1.82) is 0 Å². The van der Waals surface area contributed by atoms with Crippen LogP contribution >= 0.6 is 48.0 Å². The number of hydrogen-bond donors (Lipinski definition) is 0. The van der Waals surface area contributed by atoms with Gasteiger partial charge in [0.15, 0.2) is 0 Å². The fraction of sp³-hybridized carbons (Fsp3) is 0.349. The van der Waals surface area contributed by atoms with E-state index in [2.05, 4.69) is 202 Å². The van der Waals surface area contributed by atoms with E-state index in [9.17, 15) is 0 Å². The van der Waals surface area contributed by atoms with Crippen molar-refractivity contribution in [3.05, 3.63) is 178 Å². The van der Waals surface area contributed by atoms with Crippen LogP contribution in [0, 0.1) is 52.9 Å². The number of halogens is 4. The normalized spacial score (nSPS) is 15.0. The van der Waals surface area contributed by atoms with Crippen LogP contribution in [0.25, 0.3) is 33.4 Å². The topological polar surface area (TPSA) is 0 Å². The molecule has 8 rings (SSSR count). The van der Waals surface area contributed by atoms with Gasteiger partial charge in [-0.1, -0.05) is 0 Å². The van der Waals surface area contributed by atoms with Gasteiger partial charge in [0.25, 0.3) is 0 Å². The molecule has 0 saturated heterocycles. The second kappa shape index (κ2) is 18.7. The van der Waals surface area contributed by atoms with Crippen molar-refractivity contribution in [1.82, 2.24) is 0 Å². The predicted molar refractivity (Wildman–Crippen MR) is 304 cm³/mol. The monoisotopic (exact) mass is 1060 g/mol. The molecule has 6 aromatic carbocycles. The SMILES string of the molecule is Cl.Cl.[CH2]=[Zr]([C]1=CC(C(C)(C)C)=CC1CC)([c]1cccc(Cl)c1)([c]1cccc(Cl)c1)[c]1c2c(cc(C(C)(C)C)c1-c1c(C)cc(C)cc1C)-c1cc(C(C)(C)C)c(-c3c(C)cc(C)cc3C)cc1C2. The fourth-order valence-electron chi connectivity index (χ4n) is 12.4. The third kappa shape index (κ3) is 8.80. The number of fused-ring (bicyclic) bond motifs is 3. The molecule has 0 aromatic heterocycles. The first-order valence-electron chi connectivity index (χ1n) is 24.2. The molecule has 1 atom stereocenters. The number of aryl methyl sites for hydroxylation is 6. The summed E-state index contributed by atoms with van der Waals surface area (Å²) in [7, 11) is 0. The molecule has 2 aliphatic carbocycles. The summed E-state index contributed by atoms with van der Waals surface area (Å²) in [4.78, 5) is 0. The van der Waals surface area contributed by atoms with Crippen LogP contribution < -0.4 is 9.81 Å². The zero-order chi connectivity index (χ0) is 48.2. The van der Waals surface area contributed by atoms with Crippen LogP contribution in [0.15, 0.2) is 112 Å². The second-order valence-corrected chi connectivity index (χ2v) is 37.0. The van der Waals surface area contributed by atoms with Crippen LogP contribution in [0.2, 0.25) is 10.0 Å². The van der Waals surface area contributed by atoms with Crippen molar-refractivity contribution in [2.75, 3.05) is 0 Å². The molecule has 1 unspecified atom stereocenters. The Labute approximate surface area is 433 Å². The first kappa shape index (κ1) is 54.1. The summed E-state index contributed by atoms with van der Waals surface area (Å²) in [5.74, 6) is 0.165. The molecule has 6 aromatic rings. The zero-order valence-corrected chi connectivity index (χ0v) is 49.2. The van der Waals surface area contributed by atoms with E-state index in [-0.39, 0.29) is 47.0 Å². The van der Waals surface area contributed by atoms with Gasteiger partial charge in [-0.3, -0.25) is 0 Å². The summed E-state index contributed by atoms with van der Waals surface area (Å²) >= 11 is 8.95. The van der Waals surface area contributed by atoms with Gasteiger partial charge in [-0.15, -0.1) is 24.8 Å². The molecule has 0 amide bonds. The molecule has 0 fully saturated rings. The van der Waals surface area contributed by atoms with Crippen LogP contribution in [0.4, 0.5) is 0 Å². The summed E-state index contributed by atoms with van der Waals surface area (Å²) in [6, 6.07) is 35.0. The van der Waals surface area contributed by atoms with Crippen molar-refractivity contribution >= 4 is 62.0 Å². The fourth-order valence-corrected chi connectivity index (χ4v) is 30.5. The third-order valence-corrected chi connectivity index (χ3v) is 32.1. The average Bonchev–Trinajstić information content (AvgIpc) is 3.81. The number of hydrogen-bond acceptors (Lipinski definition) is 0. The van der Waals surface area contributed by atoms with Gasteiger partial charge in [0, 0.05) is 0 Å². The third-order valence-electron chi connectivity index (χ3n) is 15.3. The second-order valence-electron chi connectivity index (χ2n) is 23.4. The van der Waals surface area contributed by atoms with Gasteiger partial charge in [-0.2, -0.15) is 0 Å². The Bertz CT molecular complexity index is 3040. The molecule has 0 aliphatic heterocycles. The van der Waals surface area contributed by atoms with Gasteiger partial charge in [-0.05, 0) is 0 Å². The Balaban J connectivity index is 0.00000381. The van der Waals surface area contributed by atoms with Crippen molar-refractivity contribution in [2.45, 2.75) is 134 Å². The van der Waals surface area contributed by atoms with E-state index in [1.54, 1.807) is 0 Å². The van der Waals surface area contributed by atoms with Crippen molar-refractivity contribution in [2.24, 2.45) is 11.3 Å². The van der Waals surface area contributed by atoms with Gasteiger partial charge >= 0.3 is 412 Å². The van der Waals surface area contributed by atoms with Crippen LogP contribution in [0.3, 0.4) is 0 Å². The molecule has 2 aliphatic rings. The molecular weight excluding hydrogens is 990 g/mol. The minimum atomic E-state index is -5.72. The molecule has 0 bridgehead atoms. The number of allylic oxidation sites excluding steroid dienone is 4. The quantitative estimate of drug-likeness (QED) is 0.149. The van der Waals surface area contributed by atoms with E-state index in [1.165, 1.54) is 108 Å². The van der Waals surface area contributed by atoms with Crippen LogP contribution in [0.1, 0.15) is 131 Å². The first-order valence-corrected chi connectivity index (χ1v) is 31.6. The Morgan fingerprint density at radius 1 is 0.559 bits per heavy atom. The maximum absolute atomic E-state index is 7.33. The first-order chi connectivity index (χ1) is 30.7. The van der Waals surface area contributed by atoms with Gasteiger partial charge in [0.1, 0.15) is 0 Å². The molecule has 0 heterocycles. The minimum absolute atomic E-state index is 0. The van der Waals surface area contributed by atoms with E-state index < -0.39 is 18.3 Å². The summed E-state index contributed by atoms with van der Waals surface area (Å²) in [5, 5.41) is 1.46. The number of benzene rings is 6. The Morgan fingerprint density at radius 2 is 1.03 bits per heavy atom. The van der Waals surface area contributed by atoms with Gasteiger partial charge < -0.3 is 0 Å². The average molecular weight is 1060 g/mol. The maximum atomic E-state index is 7.33. The van der Waals surface area contributed by atoms with Crippen LogP contribution in [-0.4, -0.2) is 4.21 Å². The molecular formula is C63H74Cl4Zr. The summed E-state index contributed by atoms with van der Waals surface area (Å²) in [5.41, 5.74) is 22.3. The molecule has 0 N–H and O–H groups in total. The Kier molecular flexibility index (Phi) is 14.9. The Hall–Kier alpha value is -3.29. The van der Waals surface area contributed by atoms with E-state index in [0.717, 1.165) is 22.9 Å². The Morgan fingerprint density at radius 3 is 1.47 bits per heavy atom. The molecule has 0 spiro atoms. The summed E-state index contributed by atoms with van der Waals surface area (Å²) < 4.78 is 11.5. The van der Waals surface area contributed by atoms with Gasteiger partial charge in [-0.25, -0.2) is 0 Å². The molecule has 0 nitrogen and oxygen atoms in total. The van der Waals surface area contributed by atoms with Gasteiger partial charge in [0.05, 0.1) is 0 Å². The van der Waals surface area contributed by atoms with Crippen molar-refractivity contribution in [3.63, 3.8) is 0 Å². The summed E-state index contributed by atoms with van der Waals surface area (Å²) in [6.45, 7) is 37.5. The molecule has 68 heavy (non-hydrogen) atoms. The summed E-state index contributed by atoms with van der Waals surface area (Å²) in [6.07, 6.45) is 6.96. The van der Waals surface area contributed by atoms with E-state index in [1.807, 2.05) is 12.1 Å². The molecule has 0 radical (unpaired) electrons. The zero-order valence-electron chi connectivity index (χ0n) is 43.6. The van der Waals surface area contributed by atoms with Gasteiger partial charge in [0.2, 0.25) is 0 Å². The van der Waals surface area contributed by atoms with Crippen LogP contribution in [0.5, 0.6) is 0 Å². The van der Waals surface area contributed by atoms with E-state index in [0.29, 0.717) is 0 Å². The standard InChI is InChI=1S/C39H45.C11H17.2C6H4Cl.CH2.2ClH.Zr/c1-22-13-24(3)36(25(4)14-22)32-18-28-17-29-19-33(37-26(5)15-23(2)16-27(37)6)35(39(10,11)12)21-31(29)30(28)20-34(32)38(7,8)9;1-5-9-6-7-10(8-9)11(2,3)4;2*7-6-4-2-1-3-5-6;;;;/h13-16,18,20-21H,17H2,1-12H3;7-9H,5H2,1-4H3;2*1-2,4-5H;1H2;2*1H;. The van der Waals surface area contributed by atoms with Crippen molar-refractivity contribution in [3.8, 4) is 33.4 Å². The molecule has 358 valence electrons.